The second-order valence-corrected chi connectivity index (χ2v) is 6.68. The minimum absolute atomic E-state index is 0.137. The molecule has 1 N–H and O–H groups in total. The number of amides is 2. The molecule has 0 spiro atoms. The summed E-state index contributed by atoms with van der Waals surface area (Å²) in [7, 11) is 0. The summed E-state index contributed by atoms with van der Waals surface area (Å²) >= 11 is 1.66. The Kier molecular flexibility index (Phi) is 5.20. The van der Waals surface area contributed by atoms with Gasteiger partial charge >= 0.3 is 0 Å². The summed E-state index contributed by atoms with van der Waals surface area (Å²) in [6.07, 6.45) is 3.57. The third kappa shape index (κ3) is 3.97. The number of nitrogens with one attached hydrogen (secondary N) is 1. The summed E-state index contributed by atoms with van der Waals surface area (Å²) in [5.41, 5.74) is 2.36. The fourth-order valence-electron chi connectivity index (χ4n) is 2.78. The van der Waals surface area contributed by atoms with Crippen molar-refractivity contribution in [2.45, 2.75) is 24.3 Å². The Balaban J connectivity index is 1.68. The molecule has 1 aliphatic heterocycles. The van der Waals surface area contributed by atoms with Crippen LogP contribution in [0.2, 0.25) is 0 Å². The lowest BCUT2D eigenvalue weighted by Crippen LogP contribution is -2.24. The smallest absolute Gasteiger partial charge is 0.255 e. The van der Waals surface area contributed by atoms with Crippen molar-refractivity contribution >= 4 is 29.3 Å². The van der Waals surface area contributed by atoms with Crippen molar-refractivity contribution in [2.75, 3.05) is 18.1 Å². The van der Waals surface area contributed by atoms with Crippen LogP contribution in [0.4, 0.5) is 5.69 Å². The second kappa shape index (κ2) is 7.53. The third-order valence-electron chi connectivity index (χ3n) is 4.08. The average Bonchev–Trinajstić information content (AvgIpc) is 3.00. The number of nitrogens with zero attached hydrogens (tertiary/aromatic N) is 1. The van der Waals surface area contributed by atoms with E-state index in [1.54, 1.807) is 17.8 Å². The van der Waals surface area contributed by atoms with Gasteiger partial charge in [0.05, 0.1) is 0 Å². The van der Waals surface area contributed by atoms with Crippen LogP contribution < -0.4 is 5.32 Å². The highest BCUT2D eigenvalue weighted by molar-refractivity contribution is 7.98. The average molecular weight is 340 g/mol. The predicted molar refractivity (Wildman–Crippen MR) is 97.3 cm³/mol. The molecule has 124 valence electrons. The summed E-state index contributed by atoms with van der Waals surface area (Å²) in [4.78, 5) is 27.2. The van der Waals surface area contributed by atoms with Gasteiger partial charge in [-0.2, -0.15) is 0 Å². The number of carbonyl (C=O) groups is 2. The molecule has 24 heavy (non-hydrogen) atoms. The molecule has 0 aromatic heterocycles. The van der Waals surface area contributed by atoms with Crippen molar-refractivity contribution in [3.05, 3.63) is 59.7 Å². The van der Waals surface area contributed by atoms with E-state index in [2.05, 4.69) is 5.32 Å². The molecule has 1 heterocycles. The van der Waals surface area contributed by atoms with E-state index in [4.69, 9.17) is 0 Å². The van der Waals surface area contributed by atoms with E-state index in [1.165, 1.54) is 0 Å². The molecule has 0 saturated carbocycles. The molecule has 3 rings (SSSR count). The molecule has 2 aromatic carbocycles. The van der Waals surface area contributed by atoms with Crippen LogP contribution >= 0.6 is 11.8 Å². The maximum absolute atomic E-state index is 12.4. The van der Waals surface area contributed by atoms with Gasteiger partial charge in [0, 0.05) is 35.7 Å². The van der Waals surface area contributed by atoms with E-state index in [9.17, 15) is 9.59 Å². The largest absolute Gasteiger partial charge is 0.338 e. The van der Waals surface area contributed by atoms with Gasteiger partial charge in [0.15, 0.2) is 0 Å². The van der Waals surface area contributed by atoms with Gasteiger partial charge in [0.25, 0.3) is 5.91 Å². The lowest BCUT2D eigenvalue weighted by Gasteiger charge is -2.16. The zero-order valence-corrected chi connectivity index (χ0v) is 14.4. The Bertz CT molecular complexity index is 743. The van der Waals surface area contributed by atoms with Crippen LogP contribution in [0.15, 0.2) is 53.4 Å². The summed E-state index contributed by atoms with van der Waals surface area (Å²) in [5, 5.41) is 2.91. The van der Waals surface area contributed by atoms with Gasteiger partial charge in [-0.05, 0) is 54.6 Å². The van der Waals surface area contributed by atoms with E-state index < -0.39 is 0 Å². The van der Waals surface area contributed by atoms with Crippen LogP contribution in [0.25, 0.3) is 0 Å². The summed E-state index contributed by atoms with van der Waals surface area (Å²) in [6.45, 7) is 1.37. The zero-order valence-electron chi connectivity index (χ0n) is 13.6. The first-order valence-electron chi connectivity index (χ1n) is 7.98. The highest BCUT2D eigenvalue weighted by atomic mass is 32.2. The topological polar surface area (TPSA) is 49.4 Å². The number of hydrogen-bond acceptors (Lipinski definition) is 3. The number of rotatable bonds is 5. The molecule has 0 atom stereocenters. The molecule has 5 heteroatoms. The van der Waals surface area contributed by atoms with Gasteiger partial charge in [-0.1, -0.05) is 12.1 Å². The number of carbonyl (C=O) groups excluding carboxylic acids is 2. The van der Waals surface area contributed by atoms with Crippen molar-refractivity contribution < 1.29 is 9.59 Å². The first-order chi connectivity index (χ1) is 11.7. The molecule has 1 saturated heterocycles. The van der Waals surface area contributed by atoms with Crippen molar-refractivity contribution in [3.8, 4) is 0 Å². The molecule has 0 aliphatic carbocycles. The normalized spacial score (nSPS) is 14.0. The van der Waals surface area contributed by atoms with Crippen LogP contribution in [-0.2, 0) is 11.3 Å². The fraction of sp³-hybridized carbons (Fsp3) is 0.263. The lowest BCUT2D eigenvalue weighted by molar-refractivity contribution is -0.128. The summed E-state index contributed by atoms with van der Waals surface area (Å²) in [6, 6.07) is 15.2. The van der Waals surface area contributed by atoms with E-state index in [0.29, 0.717) is 18.5 Å². The lowest BCUT2D eigenvalue weighted by atomic mass is 10.1. The number of anilines is 1. The third-order valence-corrected chi connectivity index (χ3v) is 4.83. The van der Waals surface area contributed by atoms with Crippen LogP contribution in [0.5, 0.6) is 0 Å². The molecule has 1 fully saturated rings. The van der Waals surface area contributed by atoms with Gasteiger partial charge in [0.1, 0.15) is 0 Å². The first kappa shape index (κ1) is 16.6. The van der Waals surface area contributed by atoms with E-state index in [-0.39, 0.29) is 11.8 Å². The molecule has 0 unspecified atom stereocenters. The molecule has 1 aliphatic rings. The monoisotopic (exact) mass is 340 g/mol. The van der Waals surface area contributed by atoms with Gasteiger partial charge in [0.2, 0.25) is 5.91 Å². The Labute approximate surface area is 146 Å². The minimum atomic E-state index is -0.137. The molecule has 0 bridgehead atoms. The minimum Gasteiger partial charge on any atom is -0.338 e. The Morgan fingerprint density at radius 2 is 2.00 bits per heavy atom. The summed E-state index contributed by atoms with van der Waals surface area (Å²) < 4.78 is 0. The number of thioether (sulfide) groups is 1. The van der Waals surface area contributed by atoms with Gasteiger partial charge in [-0.25, -0.2) is 0 Å². The SMILES string of the molecule is CSc1ccc(NC(=O)c2cccc(CN3CCCC3=O)c2)cc1. The van der Waals surface area contributed by atoms with Crippen LogP contribution in [-0.4, -0.2) is 29.5 Å². The quantitative estimate of drug-likeness (QED) is 0.843. The van der Waals surface area contributed by atoms with E-state index in [1.807, 2.05) is 53.6 Å². The van der Waals surface area contributed by atoms with Crippen LogP contribution in [0.3, 0.4) is 0 Å². The highest BCUT2D eigenvalue weighted by Crippen LogP contribution is 2.19. The number of benzene rings is 2. The molecule has 2 amide bonds. The van der Waals surface area contributed by atoms with E-state index >= 15 is 0 Å². The maximum Gasteiger partial charge on any atom is 0.255 e. The van der Waals surface area contributed by atoms with E-state index in [0.717, 1.165) is 29.1 Å². The Morgan fingerprint density at radius 3 is 2.67 bits per heavy atom. The van der Waals surface area contributed by atoms with Crippen LogP contribution in [0.1, 0.15) is 28.8 Å². The fourth-order valence-corrected chi connectivity index (χ4v) is 3.19. The molecular formula is C19H20N2O2S. The summed E-state index contributed by atoms with van der Waals surface area (Å²) in [5.74, 6) is 0.0558. The Hall–Kier alpha value is -2.27. The first-order valence-corrected chi connectivity index (χ1v) is 9.20. The maximum atomic E-state index is 12.4. The molecule has 4 nitrogen and oxygen atoms in total. The highest BCUT2D eigenvalue weighted by Gasteiger charge is 2.20. The zero-order chi connectivity index (χ0) is 16.9. The predicted octanol–water partition coefficient (Wildman–Crippen LogP) is 3.78. The molecule has 0 radical (unpaired) electrons. The van der Waals surface area contributed by atoms with Gasteiger partial charge in [-0.15, -0.1) is 11.8 Å². The molecular weight excluding hydrogens is 320 g/mol. The number of hydrogen-bond donors (Lipinski definition) is 1. The second-order valence-electron chi connectivity index (χ2n) is 5.80. The van der Waals surface area contributed by atoms with Gasteiger partial charge < -0.3 is 10.2 Å². The molecule has 2 aromatic rings. The van der Waals surface area contributed by atoms with Crippen molar-refractivity contribution in [1.29, 1.82) is 0 Å². The van der Waals surface area contributed by atoms with Gasteiger partial charge in [-0.3, -0.25) is 9.59 Å². The van der Waals surface area contributed by atoms with Crippen molar-refractivity contribution in [1.82, 2.24) is 4.90 Å². The number of likely N-dealkylation sites (tertiary alicyclic amines) is 1. The standard InChI is InChI=1S/C19H20N2O2S/c1-24-17-9-7-16(8-10-17)20-19(23)15-5-2-4-14(12-15)13-21-11-3-6-18(21)22/h2,4-5,7-10,12H,3,6,11,13H2,1H3,(H,20,23). The van der Waals surface area contributed by atoms with Crippen molar-refractivity contribution in [2.24, 2.45) is 0 Å². The Morgan fingerprint density at radius 1 is 1.21 bits per heavy atom. The van der Waals surface area contributed by atoms with Crippen LogP contribution in [0, 0.1) is 0 Å². The van der Waals surface area contributed by atoms with Crippen molar-refractivity contribution in [3.63, 3.8) is 0 Å².